The Balaban J connectivity index is 0.00000400. The molecule has 7 nitrogen and oxygen atoms in total. The van der Waals surface area contributed by atoms with Crippen molar-refractivity contribution in [2.45, 2.75) is 59.7 Å². The summed E-state index contributed by atoms with van der Waals surface area (Å²) in [6.45, 7) is 9.16. The first-order chi connectivity index (χ1) is 17.7. The molecule has 0 saturated carbocycles. The van der Waals surface area contributed by atoms with Gasteiger partial charge in [0.15, 0.2) is 0 Å². The number of nitrogens with one attached hydrogen (secondary N) is 2. The average Bonchev–Trinajstić information content (AvgIpc) is 3.27. The molecule has 8 heteroatoms. The number of hydrogen-bond acceptors (Lipinski definition) is 4. The van der Waals surface area contributed by atoms with Gasteiger partial charge < -0.3 is 15.2 Å². The predicted octanol–water partition coefficient (Wildman–Crippen LogP) is 5.65. The van der Waals surface area contributed by atoms with E-state index >= 15 is 0 Å². The van der Waals surface area contributed by atoms with E-state index in [1.165, 1.54) is 5.56 Å². The van der Waals surface area contributed by atoms with Crippen LogP contribution in [0.1, 0.15) is 66.0 Å². The number of carbonyl (C=O) groups is 1. The summed E-state index contributed by atoms with van der Waals surface area (Å²) in [6, 6.07) is 14.6. The molecule has 2 heterocycles. The van der Waals surface area contributed by atoms with Gasteiger partial charge in [-0.3, -0.25) is 14.3 Å². The highest BCUT2D eigenvalue weighted by atomic mass is 35.5. The molecule has 0 aliphatic carbocycles. The average molecular weight is 536 g/mol. The van der Waals surface area contributed by atoms with Gasteiger partial charge in [0.1, 0.15) is 0 Å². The van der Waals surface area contributed by atoms with Crippen LogP contribution in [0.25, 0.3) is 22.0 Å². The van der Waals surface area contributed by atoms with E-state index in [9.17, 15) is 9.59 Å². The maximum absolute atomic E-state index is 13.6. The van der Waals surface area contributed by atoms with Crippen molar-refractivity contribution in [3.63, 3.8) is 0 Å². The summed E-state index contributed by atoms with van der Waals surface area (Å²) in [5.74, 6) is -0.221. The van der Waals surface area contributed by atoms with Gasteiger partial charge in [-0.05, 0) is 81.7 Å². The zero-order valence-electron chi connectivity index (χ0n) is 23.1. The number of nitrogens with zero attached hydrogens (tertiary/aromatic N) is 3. The molecular weight excluding hydrogens is 498 g/mol. The molecule has 0 aliphatic rings. The SMILES string of the molecule is CCCc1cc(C)[nH]c(=O)c1CNC(=O)c1cc(-c2ccc(CN(C)C)cc2)cc2c1cnn2C(C)C.Cl. The third-order valence-corrected chi connectivity index (χ3v) is 6.54. The molecule has 0 unspecified atom stereocenters. The van der Waals surface area contributed by atoms with Gasteiger partial charge in [-0.15, -0.1) is 12.4 Å². The Morgan fingerprint density at radius 2 is 1.82 bits per heavy atom. The number of hydrogen-bond donors (Lipinski definition) is 2. The molecule has 0 spiro atoms. The van der Waals surface area contributed by atoms with Crippen molar-refractivity contribution in [1.82, 2.24) is 25.0 Å². The zero-order valence-corrected chi connectivity index (χ0v) is 23.9. The minimum Gasteiger partial charge on any atom is -0.348 e. The smallest absolute Gasteiger partial charge is 0.253 e. The molecule has 0 aliphatic heterocycles. The molecule has 38 heavy (non-hydrogen) atoms. The number of carbonyl (C=O) groups excluding carboxylic acids is 1. The van der Waals surface area contributed by atoms with Gasteiger partial charge in [-0.25, -0.2) is 0 Å². The van der Waals surface area contributed by atoms with Crippen LogP contribution in [-0.2, 0) is 19.5 Å². The largest absolute Gasteiger partial charge is 0.348 e. The first-order valence-corrected chi connectivity index (χ1v) is 12.9. The first kappa shape index (κ1) is 29.1. The van der Waals surface area contributed by atoms with E-state index in [1.54, 1.807) is 6.20 Å². The Labute approximate surface area is 230 Å². The van der Waals surface area contributed by atoms with Gasteiger partial charge in [0.2, 0.25) is 0 Å². The van der Waals surface area contributed by atoms with Crippen molar-refractivity contribution in [2.24, 2.45) is 0 Å². The van der Waals surface area contributed by atoms with Gasteiger partial charge in [0.05, 0.1) is 17.3 Å². The molecule has 2 N–H and O–H groups in total. The second-order valence-corrected chi connectivity index (χ2v) is 10.3. The van der Waals surface area contributed by atoms with E-state index in [2.05, 4.69) is 85.5 Å². The van der Waals surface area contributed by atoms with Crippen LogP contribution in [0.2, 0.25) is 0 Å². The highest BCUT2D eigenvalue weighted by Gasteiger charge is 2.18. The maximum atomic E-state index is 13.6. The topological polar surface area (TPSA) is 83.0 Å². The summed E-state index contributed by atoms with van der Waals surface area (Å²) in [5.41, 5.74) is 6.96. The standard InChI is InChI=1S/C30H37N5O2.ClH/c1-7-8-23-13-20(4)33-30(37)26(23)16-31-29(36)25-14-24(15-28-27(25)17-32-35(28)19(2)3)22-11-9-21(10-12-22)18-34(5)6;/h9-15,17,19H,7-8,16,18H2,1-6H3,(H,31,36)(H,33,37);1H. The number of aromatic amines is 1. The Bertz CT molecular complexity index is 1470. The highest BCUT2D eigenvalue weighted by molar-refractivity contribution is 6.08. The molecule has 1 amide bonds. The second kappa shape index (κ2) is 12.4. The lowest BCUT2D eigenvalue weighted by molar-refractivity contribution is 0.0952. The number of rotatable bonds is 9. The fraction of sp³-hybridized carbons (Fsp3) is 0.367. The van der Waals surface area contributed by atoms with Crippen LogP contribution in [0.15, 0.2) is 53.5 Å². The van der Waals surface area contributed by atoms with Crippen molar-refractivity contribution in [1.29, 1.82) is 0 Å². The van der Waals surface area contributed by atoms with Gasteiger partial charge in [0.25, 0.3) is 11.5 Å². The van der Waals surface area contributed by atoms with Crippen LogP contribution >= 0.6 is 12.4 Å². The van der Waals surface area contributed by atoms with Gasteiger partial charge >= 0.3 is 0 Å². The first-order valence-electron chi connectivity index (χ1n) is 12.9. The fourth-order valence-corrected chi connectivity index (χ4v) is 4.81. The fourth-order valence-electron chi connectivity index (χ4n) is 4.81. The molecule has 0 fully saturated rings. The van der Waals surface area contributed by atoms with Gasteiger partial charge in [0, 0.05) is 35.8 Å². The Morgan fingerprint density at radius 3 is 2.45 bits per heavy atom. The Morgan fingerprint density at radius 1 is 1.11 bits per heavy atom. The summed E-state index contributed by atoms with van der Waals surface area (Å²) in [5, 5.41) is 8.39. The minimum absolute atomic E-state index is 0. The molecular formula is C30H38ClN5O2. The van der Waals surface area contributed by atoms with Crippen molar-refractivity contribution >= 4 is 29.2 Å². The third kappa shape index (κ3) is 6.34. The van der Waals surface area contributed by atoms with Crippen LogP contribution in [0.5, 0.6) is 0 Å². The molecule has 202 valence electrons. The molecule has 4 aromatic rings. The quantitative estimate of drug-likeness (QED) is 0.290. The summed E-state index contributed by atoms with van der Waals surface area (Å²) in [4.78, 5) is 31.2. The number of amides is 1. The molecule has 2 aromatic heterocycles. The van der Waals surface area contributed by atoms with Crippen molar-refractivity contribution < 1.29 is 4.79 Å². The molecule has 0 bridgehead atoms. The number of fused-ring (bicyclic) bond motifs is 1. The van der Waals surface area contributed by atoms with E-state index < -0.39 is 0 Å². The molecule has 2 aromatic carbocycles. The van der Waals surface area contributed by atoms with Crippen LogP contribution in [0.3, 0.4) is 0 Å². The van der Waals surface area contributed by atoms with E-state index in [0.717, 1.165) is 52.7 Å². The molecule has 0 atom stereocenters. The van der Waals surface area contributed by atoms with Crippen LogP contribution < -0.4 is 10.9 Å². The van der Waals surface area contributed by atoms with Crippen LogP contribution in [0.4, 0.5) is 0 Å². The second-order valence-electron chi connectivity index (χ2n) is 10.3. The predicted molar refractivity (Wildman–Crippen MR) is 157 cm³/mol. The number of H-pyrrole nitrogens is 1. The Kier molecular flexibility index (Phi) is 9.52. The third-order valence-electron chi connectivity index (χ3n) is 6.54. The van der Waals surface area contributed by atoms with E-state index in [1.807, 2.05) is 23.7 Å². The van der Waals surface area contributed by atoms with Crippen molar-refractivity contribution in [2.75, 3.05) is 14.1 Å². The molecule has 4 rings (SSSR count). The number of aromatic nitrogens is 3. The monoisotopic (exact) mass is 535 g/mol. The van der Waals surface area contributed by atoms with E-state index in [-0.39, 0.29) is 36.5 Å². The Hall–Kier alpha value is -3.42. The number of pyridine rings is 1. The molecule has 0 saturated heterocycles. The van der Waals surface area contributed by atoms with Gasteiger partial charge in [-0.2, -0.15) is 5.10 Å². The molecule has 0 radical (unpaired) electrons. The van der Waals surface area contributed by atoms with E-state index in [0.29, 0.717) is 11.1 Å². The summed E-state index contributed by atoms with van der Waals surface area (Å²) >= 11 is 0. The van der Waals surface area contributed by atoms with E-state index in [4.69, 9.17) is 0 Å². The summed E-state index contributed by atoms with van der Waals surface area (Å²) in [7, 11) is 4.10. The number of benzene rings is 2. The van der Waals surface area contributed by atoms with Crippen molar-refractivity contribution in [3.05, 3.63) is 87.0 Å². The van der Waals surface area contributed by atoms with Gasteiger partial charge in [-0.1, -0.05) is 37.6 Å². The lowest BCUT2D eigenvalue weighted by Gasteiger charge is -2.14. The van der Waals surface area contributed by atoms with Crippen LogP contribution in [0, 0.1) is 6.92 Å². The number of aryl methyl sites for hydroxylation is 2. The maximum Gasteiger partial charge on any atom is 0.253 e. The van der Waals surface area contributed by atoms with Crippen LogP contribution in [-0.4, -0.2) is 39.7 Å². The minimum atomic E-state index is -0.221. The normalized spacial score (nSPS) is 11.3. The lowest BCUT2D eigenvalue weighted by Crippen LogP contribution is -2.28. The van der Waals surface area contributed by atoms with Crippen molar-refractivity contribution in [3.8, 4) is 11.1 Å². The lowest BCUT2D eigenvalue weighted by atomic mass is 9.98. The highest BCUT2D eigenvalue weighted by Crippen LogP contribution is 2.30. The number of halogens is 1. The summed E-state index contributed by atoms with van der Waals surface area (Å²) < 4.78 is 1.94. The summed E-state index contributed by atoms with van der Waals surface area (Å²) in [6.07, 6.45) is 3.48. The zero-order chi connectivity index (χ0) is 26.7.